The number of aliphatic hydroxyl groups excluding tert-OH is 2. The van der Waals surface area contributed by atoms with Crippen LogP contribution in [-0.4, -0.2) is 60.4 Å². The summed E-state index contributed by atoms with van der Waals surface area (Å²) in [6, 6.07) is 0. The van der Waals surface area contributed by atoms with E-state index in [4.69, 9.17) is 10.2 Å². The molecule has 0 fully saturated rings. The summed E-state index contributed by atoms with van der Waals surface area (Å²) in [5.41, 5.74) is 0. The standard InChI is InChI=1S/C11H24N2O3/c1-10(2)3-4-12-11(16)9-13(5-7-14)6-8-15/h10,14-15H,3-9H2,1-2H3,(H,12,16). The fraction of sp³-hybridized carbons (Fsp3) is 0.909. The van der Waals surface area contributed by atoms with E-state index in [1.807, 2.05) is 0 Å². The van der Waals surface area contributed by atoms with E-state index in [1.165, 1.54) is 0 Å². The first-order chi connectivity index (χ1) is 7.60. The third-order valence-electron chi connectivity index (χ3n) is 2.24. The van der Waals surface area contributed by atoms with Crippen molar-refractivity contribution in [1.29, 1.82) is 0 Å². The van der Waals surface area contributed by atoms with Crippen LogP contribution >= 0.6 is 0 Å². The molecule has 0 aliphatic carbocycles. The van der Waals surface area contributed by atoms with Crippen molar-refractivity contribution >= 4 is 5.91 Å². The molecule has 1 amide bonds. The Morgan fingerprint density at radius 2 is 1.81 bits per heavy atom. The van der Waals surface area contributed by atoms with Gasteiger partial charge in [-0.3, -0.25) is 9.69 Å². The summed E-state index contributed by atoms with van der Waals surface area (Å²) in [6.07, 6.45) is 0.964. The van der Waals surface area contributed by atoms with Gasteiger partial charge in [0, 0.05) is 19.6 Å². The van der Waals surface area contributed by atoms with Crippen molar-refractivity contribution in [3.8, 4) is 0 Å². The van der Waals surface area contributed by atoms with E-state index >= 15 is 0 Å². The predicted molar refractivity (Wildman–Crippen MR) is 63.1 cm³/mol. The number of carbonyl (C=O) groups is 1. The van der Waals surface area contributed by atoms with E-state index in [9.17, 15) is 4.79 Å². The predicted octanol–water partition coefficient (Wildman–Crippen LogP) is -0.565. The summed E-state index contributed by atoms with van der Waals surface area (Å²) in [5.74, 6) is 0.522. The zero-order chi connectivity index (χ0) is 12.4. The van der Waals surface area contributed by atoms with Crippen molar-refractivity contribution < 1.29 is 15.0 Å². The van der Waals surface area contributed by atoms with E-state index < -0.39 is 0 Å². The van der Waals surface area contributed by atoms with Crippen molar-refractivity contribution in [3.63, 3.8) is 0 Å². The summed E-state index contributed by atoms with van der Waals surface area (Å²) in [7, 11) is 0. The van der Waals surface area contributed by atoms with Crippen LogP contribution in [0.5, 0.6) is 0 Å². The first-order valence-corrected chi connectivity index (χ1v) is 5.81. The van der Waals surface area contributed by atoms with Crippen LogP contribution in [0.15, 0.2) is 0 Å². The molecule has 0 aromatic rings. The van der Waals surface area contributed by atoms with E-state index in [1.54, 1.807) is 4.90 Å². The van der Waals surface area contributed by atoms with Crippen molar-refractivity contribution in [2.75, 3.05) is 39.4 Å². The highest BCUT2D eigenvalue weighted by molar-refractivity contribution is 5.77. The Morgan fingerprint density at radius 3 is 2.25 bits per heavy atom. The lowest BCUT2D eigenvalue weighted by atomic mass is 10.1. The van der Waals surface area contributed by atoms with Crippen molar-refractivity contribution in [2.45, 2.75) is 20.3 Å². The van der Waals surface area contributed by atoms with E-state index in [0.717, 1.165) is 6.42 Å². The van der Waals surface area contributed by atoms with Crippen LogP contribution in [0.2, 0.25) is 0 Å². The van der Waals surface area contributed by atoms with Gasteiger partial charge in [0.1, 0.15) is 0 Å². The lowest BCUT2D eigenvalue weighted by molar-refractivity contribution is -0.122. The average molecular weight is 232 g/mol. The second kappa shape index (κ2) is 9.57. The Kier molecular flexibility index (Phi) is 9.18. The van der Waals surface area contributed by atoms with Gasteiger partial charge in [-0.25, -0.2) is 0 Å². The van der Waals surface area contributed by atoms with Gasteiger partial charge in [0.2, 0.25) is 5.91 Å². The van der Waals surface area contributed by atoms with Crippen LogP contribution in [0.3, 0.4) is 0 Å². The van der Waals surface area contributed by atoms with Gasteiger partial charge in [-0.2, -0.15) is 0 Å². The Balaban J connectivity index is 3.72. The third kappa shape index (κ3) is 8.64. The Hall–Kier alpha value is -0.650. The summed E-state index contributed by atoms with van der Waals surface area (Å²) in [6.45, 7) is 5.96. The van der Waals surface area contributed by atoms with Gasteiger partial charge in [0.15, 0.2) is 0 Å². The van der Waals surface area contributed by atoms with Gasteiger partial charge in [0.25, 0.3) is 0 Å². The lowest BCUT2D eigenvalue weighted by Crippen LogP contribution is -2.40. The number of hydrogen-bond donors (Lipinski definition) is 3. The molecular formula is C11H24N2O3. The monoisotopic (exact) mass is 232 g/mol. The molecule has 0 spiro atoms. The minimum absolute atomic E-state index is 0.000720. The second-order valence-electron chi connectivity index (χ2n) is 4.26. The maximum absolute atomic E-state index is 11.5. The largest absolute Gasteiger partial charge is 0.395 e. The Morgan fingerprint density at radius 1 is 1.25 bits per heavy atom. The molecule has 0 bridgehead atoms. The number of aliphatic hydroxyl groups is 2. The lowest BCUT2D eigenvalue weighted by Gasteiger charge is -2.19. The van der Waals surface area contributed by atoms with Gasteiger partial charge in [-0.1, -0.05) is 13.8 Å². The first-order valence-electron chi connectivity index (χ1n) is 5.81. The third-order valence-corrected chi connectivity index (χ3v) is 2.24. The van der Waals surface area contributed by atoms with Crippen LogP contribution in [0.25, 0.3) is 0 Å². The summed E-state index contributed by atoms with van der Waals surface area (Å²) in [5, 5.41) is 20.4. The number of nitrogens with one attached hydrogen (secondary N) is 1. The highest BCUT2D eigenvalue weighted by Crippen LogP contribution is 1.96. The molecule has 0 atom stereocenters. The molecule has 0 radical (unpaired) electrons. The number of amides is 1. The van der Waals surface area contributed by atoms with Gasteiger partial charge >= 0.3 is 0 Å². The van der Waals surface area contributed by atoms with Crippen molar-refractivity contribution in [1.82, 2.24) is 10.2 Å². The van der Waals surface area contributed by atoms with Crippen molar-refractivity contribution in [2.24, 2.45) is 5.92 Å². The fourth-order valence-corrected chi connectivity index (χ4v) is 1.31. The molecular weight excluding hydrogens is 208 g/mol. The quantitative estimate of drug-likeness (QED) is 0.498. The van der Waals surface area contributed by atoms with Crippen LogP contribution in [0.4, 0.5) is 0 Å². The van der Waals surface area contributed by atoms with Crippen LogP contribution < -0.4 is 5.32 Å². The minimum atomic E-state index is -0.0532. The molecule has 0 aliphatic rings. The second-order valence-corrected chi connectivity index (χ2v) is 4.26. The van der Waals surface area contributed by atoms with Crippen LogP contribution in [0.1, 0.15) is 20.3 Å². The van der Waals surface area contributed by atoms with Crippen LogP contribution in [-0.2, 0) is 4.79 Å². The summed E-state index contributed by atoms with van der Waals surface area (Å²) < 4.78 is 0. The van der Waals surface area contributed by atoms with Gasteiger partial charge in [-0.15, -0.1) is 0 Å². The Labute approximate surface area is 97.4 Å². The summed E-state index contributed by atoms with van der Waals surface area (Å²) in [4.78, 5) is 13.2. The highest BCUT2D eigenvalue weighted by Gasteiger charge is 2.09. The SMILES string of the molecule is CC(C)CCNC(=O)CN(CCO)CCO. The number of carbonyl (C=O) groups excluding carboxylic acids is 1. The number of hydrogen-bond acceptors (Lipinski definition) is 4. The topological polar surface area (TPSA) is 72.8 Å². The zero-order valence-electron chi connectivity index (χ0n) is 10.3. The summed E-state index contributed by atoms with van der Waals surface area (Å²) >= 11 is 0. The molecule has 96 valence electrons. The molecule has 3 N–H and O–H groups in total. The van der Waals surface area contributed by atoms with Gasteiger partial charge in [-0.05, 0) is 12.3 Å². The highest BCUT2D eigenvalue weighted by atomic mass is 16.3. The molecule has 5 heteroatoms. The maximum Gasteiger partial charge on any atom is 0.234 e. The normalized spacial score (nSPS) is 11.1. The first kappa shape index (κ1) is 15.3. The molecule has 0 heterocycles. The minimum Gasteiger partial charge on any atom is -0.395 e. The van der Waals surface area contributed by atoms with E-state index in [-0.39, 0.29) is 25.7 Å². The molecule has 0 unspecified atom stereocenters. The molecule has 0 saturated carbocycles. The van der Waals surface area contributed by atoms with E-state index in [0.29, 0.717) is 25.6 Å². The molecule has 16 heavy (non-hydrogen) atoms. The molecule has 0 aromatic carbocycles. The molecule has 0 aliphatic heterocycles. The smallest absolute Gasteiger partial charge is 0.234 e. The average Bonchev–Trinajstić information content (AvgIpc) is 2.17. The number of rotatable bonds is 9. The molecule has 0 rings (SSSR count). The van der Waals surface area contributed by atoms with Crippen LogP contribution in [0, 0.1) is 5.92 Å². The van der Waals surface area contributed by atoms with Crippen molar-refractivity contribution in [3.05, 3.63) is 0 Å². The Bertz CT molecular complexity index is 180. The maximum atomic E-state index is 11.5. The molecule has 5 nitrogen and oxygen atoms in total. The van der Waals surface area contributed by atoms with Gasteiger partial charge in [0.05, 0.1) is 19.8 Å². The van der Waals surface area contributed by atoms with Gasteiger partial charge < -0.3 is 15.5 Å². The number of nitrogens with zero attached hydrogens (tertiary/aromatic N) is 1. The zero-order valence-corrected chi connectivity index (χ0v) is 10.3. The molecule has 0 saturated heterocycles. The molecule has 0 aromatic heterocycles. The fourth-order valence-electron chi connectivity index (χ4n) is 1.31. The van der Waals surface area contributed by atoms with E-state index in [2.05, 4.69) is 19.2 Å².